The van der Waals surface area contributed by atoms with Gasteiger partial charge in [-0.25, -0.2) is 9.96 Å². The van der Waals surface area contributed by atoms with Crippen molar-refractivity contribution in [3.8, 4) is 11.5 Å². The van der Waals surface area contributed by atoms with Gasteiger partial charge in [0.15, 0.2) is 0 Å². The Bertz CT molecular complexity index is 821. The molecule has 1 heterocycles. The fraction of sp³-hybridized carbons (Fsp3) is 0.300. The van der Waals surface area contributed by atoms with Crippen LogP contribution in [0.3, 0.4) is 0 Å². The third-order valence-corrected chi connectivity index (χ3v) is 4.32. The van der Waals surface area contributed by atoms with E-state index in [1.54, 1.807) is 48.5 Å². The second kappa shape index (κ2) is 8.09. The lowest BCUT2D eigenvalue weighted by Crippen LogP contribution is -2.40. The highest BCUT2D eigenvalue weighted by molar-refractivity contribution is 6.23. The van der Waals surface area contributed by atoms with E-state index < -0.39 is 11.9 Å². The van der Waals surface area contributed by atoms with Gasteiger partial charge in [-0.3, -0.25) is 14.8 Å². The van der Waals surface area contributed by atoms with Gasteiger partial charge in [-0.1, -0.05) is 19.1 Å². The first kappa shape index (κ1) is 18.7. The van der Waals surface area contributed by atoms with Gasteiger partial charge in [0.25, 0.3) is 5.91 Å². The summed E-state index contributed by atoms with van der Waals surface area (Å²) in [5.41, 5.74) is 0.779. The first-order valence-electron chi connectivity index (χ1n) is 8.77. The highest BCUT2D eigenvalue weighted by Gasteiger charge is 2.43. The number of carbonyl (C=O) groups is 2. The Labute approximate surface area is 157 Å². The molecule has 0 spiro atoms. The summed E-state index contributed by atoms with van der Waals surface area (Å²) in [5.74, 6) is 0.224. The molecule has 1 atom stereocenters. The smallest absolute Gasteiger partial charge is 0.259 e. The van der Waals surface area contributed by atoms with Crippen molar-refractivity contribution in [3.63, 3.8) is 0 Å². The van der Waals surface area contributed by atoms with Gasteiger partial charge in [-0.05, 0) is 42.8 Å². The third kappa shape index (κ3) is 3.73. The number of anilines is 2. The number of hydroxylamine groups is 1. The molecule has 142 valence electrons. The molecule has 1 aliphatic rings. The normalized spacial score (nSPS) is 16.6. The number of amides is 2. The number of rotatable bonds is 7. The van der Waals surface area contributed by atoms with E-state index in [9.17, 15) is 14.8 Å². The molecule has 0 aliphatic carbocycles. The summed E-state index contributed by atoms with van der Waals surface area (Å²) >= 11 is 0. The summed E-state index contributed by atoms with van der Waals surface area (Å²) in [4.78, 5) is 26.4. The lowest BCUT2D eigenvalue weighted by molar-refractivity contribution is -0.121. The van der Waals surface area contributed by atoms with Gasteiger partial charge in [0.2, 0.25) is 5.91 Å². The van der Waals surface area contributed by atoms with E-state index in [0.29, 0.717) is 29.5 Å². The number of imide groups is 1. The number of benzene rings is 2. The van der Waals surface area contributed by atoms with Gasteiger partial charge < -0.3 is 9.47 Å². The van der Waals surface area contributed by atoms with E-state index in [0.717, 1.165) is 16.4 Å². The Morgan fingerprint density at radius 1 is 1.15 bits per heavy atom. The molecule has 1 N–H and O–H groups in total. The van der Waals surface area contributed by atoms with E-state index in [1.807, 2.05) is 6.92 Å². The number of methoxy groups -OCH3 is 1. The Hall–Kier alpha value is -3.06. The molecule has 0 bridgehead atoms. The molecule has 0 radical (unpaired) electrons. The van der Waals surface area contributed by atoms with Crippen LogP contribution in [0.25, 0.3) is 0 Å². The van der Waals surface area contributed by atoms with Gasteiger partial charge in [0.05, 0.1) is 25.8 Å². The van der Waals surface area contributed by atoms with Crippen molar-refractivity contribution >= 4 is 23.2 Å². The molecule has 7 heteroatoms. The van der Waals surface area contributed by atoms with Crippen LogP contribution in [0.15, 0.2) is 48.5 Å². The first-order valence-corrected chi connectivity index (χ1v) is 8.77. The monoisotopic (exact) mass is 370 g/mol. The molecule has 2 aromatic rings. The van der Waals surface area contributed by atoms with Crippen molar-refractivity contribution < 1.29 is 24.3 Å². The SMILES string of the molecule is CCCOc1ccc(N2C(=O)C[C@@H](N(O)c3ccccc3OC)C2=O)cc1. The van der Waals surface area contributed by atoms with Crippen molar-refractivity contribution in [2.75, 3.05) is 23.7 Å². The van der Waals surface area contributed by atoms with Crippen LogP contribution in [0.2, 0.25) is 0 Å². The maximum Gasteiger partial charge on any atom is 0.259 e. The molecule has 1 aliphatic heterocycles. The second-order valence-electron chi connectivity index (χ2n) is 6.15. The molecule has 1 saturated heterocycles. The molecule has 7 nitrogen and oxygen atoms in total. The zero-order chi connectivity index (χ0) is 19.4. The minimum atomic E-state index is -1.01. The van der Waals surface area contributed by atoms with Gasteiger partial charge in [0, 0.05) is 0 Å². The summed E-state index contributed by atoms with van der Waals surface area (Å²) in [7, 11) is 1.47. The Morgan fingerprint density at radius 3 is 2.52 bits per heavy atom. The minimum Gasteiger partial charge on any atom is -0.494 e. The molecule has 0 aromatic heterocycles. The highest BCUT2D eigenvalue weighted by Crippen LogP contribution is 2.33. The van der Waals surface area contributed by atoms with E-state index >= 15 is 0 Å². The molecule has 2 aromatic carbocycles. The van der Waals surface area contributed by atoms with Crippen molar-refractivity contribution in [2.24, 2.45) is 0 Å². The lowest BCUT2D eigenvalue weighted by atomic mass is 10.2. The van der Waals surface area contributed by atoms with Crippen LogP contribution in [-0.4, -0.2) is 36.8 Å². The molecular weight excluding hydrogens is 348 g/mol. The number of nitrogens with zero attached hydrogens (tertiary/aromatic N) is 2. The van der Waals surface area contributed by atoms with E-state index in [2.05, 4.69) is 0 Å². The lowest BCUT2D eigenvalue weighted by Gasteiger charge is -2.24. The van der Waals surface area contributed by atoms with Crippen molar-refractivity contribution in [1.82, 2.24) is 0 Å². The van der Waals surface area contributed by atoms with Gasteiger partial charge in [-0.2, -0.15) is 0 Å². The number of ether oxygens (including phenoxy) is 2. The molecular formula is C20H22N2O5. The van der Waals surface area contributed by atoms with Gasteiger partial charge in [0.1, 0.15) is 23.2 Å². The van der Waals surface area contributed by atoms with Gasteiger partial charge in [-0.15, -0.1) is 0 Å². The average molecular weight is 370 g/mol. The standard InChI is InChI=1S/C20H22N2O5/c1-3-12-27-15-10-8-14(9-11-15)21-19(23)13-17(20(21)24)22(25)16-6-4-5-7-18(16)26-2/h4-11,17,25H,3,12-13H2,1-2H3/t17-/m1/s1. The summed E-state index contributed by atoms with van der Waals surface area (Å²) in [6.45, 7) is 2.61. The number of hydrogen-bond donors (Lipinski definition) is 1. The Balaban J connectivity index is 1.80. The Morgan fingerprint density at radius 2 is 1.85 bits per heavy atom. The van der Waals surface area contributed by atoms with Crippen LogP contribution in [0.4, 0.5) is 11.4 Å². The minimum absolute atomic E-state index is 0.124. The molecule has 0 saturated carbocycles. The maximum atomic E-state index is 12.8. The quantitative estimate of drug-likeness (QED) is 0.596. The van der Waals surface area contributed by atoms with E-state index in [4.69, 9.17) is 9.47 Å². The van der Waals surface area contributed by atoms with Gasteiger partial charge >= 0.3 is 0 Å². The molecule has 0 unspecified atom stereocenters. The van der Waals surface area contributed by atoms with Crippen LogP contribution in [0, 0.1) is 0 Å². The first-order chi connectivity index (χ1) is 13.1. The third-order valence-electron chi connectivity index (χ3n) is 4.32. The molecule has 2 amide bonds. The second-order valence-corrected chi connectivity index (χ2v) is 6.15. The molecule has 3 rings (SSSR count). The van der Waals surface area contributed by atoms with Crippen LogP contribution in [0.1, 0.15) is 19.8 Å². The number of carbonyl (C=O) groups excluding carboxylic acids is 2. The highest BCUT2D eigenvalue weighted by atomic mass is 16.5. The summed E-state index contributed by atoms with van der Waals surface area (Å²) in [5, 5.41) is 11.4. The van der Waals surface area contributed by atoms with E-state index in [1.165, 1.54) is 7.11 Å². The summed E-state index contributed by atoms with van der Waals surface area (Å²) < 4.78 is 10.7. The predicted molar refractivity (Wildman–Crippen MR) is 100 cm³/mol. The summed E-state index contributed by atoms with van der Waals surface area (Å²) in [6.07, 6.45) is 0.767. The van der Waals surface area contributed by atoms with Crippen molar-refractivity contribution in [2.45, 2.75) is 25.8 Å². The number of hydrogen-bond acceptors (Lipinski definition) is 6. The predicted octanol–water partition coefficient (Wildman–Crippen LogP) is 3.01. The molecule has 1 fully saturated rings. The summed E-state index contributed by atoms with van der Waals surface area (Å²) in [6, 6.07) is 12.5. The number of para-hydroxylation sites is 2. The van der Waals surface area contributed by atoms with E-state index in [-0.39, 0.29) is 12.3 Å². The van der Waals surface area contributed by atoms with Crippen LogP contribution < -0.4 is 19.4 Å². The molecule has 27 heavy (non-hydrogen) atoms. The van der Waals surface area contributed by atoms with Crippen LogP contribution >= 0.6 is 0 Å². The van der Waals surface area contributed by atoms with Crippen LogP contribution in [-0.2, 0) is 9.59 Å². The zero-order valence-corrected chi connectivity index (χ0v) is 15.3. The largest absolute Gasteiger partial charge is 0.494 e. The zero-order valence-electron chi connectivity index (χ0n) is 15.3. The maximum absolute atomic E-state index is 12.8. The van der Waals surface area contributed by atoms with Crippen molar-refractivity contribution in [1.29, 1.82) is 0 Å². The topological polar surface area (TPSA) is 79.3 Å². The fourth-order valence-corrected chi connectivity index (χ4v) is 2.98. The Kier molecular flexibility index (Phi) is 5.61. The van der Waals surface area contributed by atoms with Crippen molar-refractivity contribution in [3.05, 3.63) is 48.5 Å². The fourth-order valence-electron chi connectivity index (χ4n) is 2.98. The average Bonchev–Trinajstić information content (AvgIpc) is 3.00. The van der Waals surface area contributed by atoms with Crippen LogP contribution in [0.5, 0.6) is 11.5 Å².